The minimum Gasteiger partial charge on any atom is -0.381 e. The summed E-state index contributed by atoms with van der Waals surface area (Å²) in [6.07, 6.45) is 5.54. The summed E-state index contributed by atoms with van der Waals surface area (Å²) in [5.41, 5.74) is 0. The molecular formula is C16H29N3O2. The Morgan fingerprint density at radius 2 is 2.05 bits per heavy atom. The van der Waals surface area contributed by atoms with Gasteiger partial charge < -0.3 is 15.0 Å². The molecule has 1 amide bonds. The number of nitrogens with one attached hydrogen (secondary N) is 1. The zero-order chi connectivity index (χ0) is 15.3. The Bertz CT molecular complexity index is 320. The molecule has 1 aliphatic heterocycles. The fourth-order valence-corrected chi connectivity index (χ4v) is 2.51. The predicted molar refractivity (Wildman–Crippen MR) is 82.7 cm³/mol. The van der Waals surface area contributed by atoms with Crippen LogP contribution < -0.4 is 5.32 Å². The van der Waals surface area contributed by atoms with Crippen molar-refractivity contribution in [3.63, 3.8) is 0 Å². The Balaban J connectivity index is 2.02. The highest BCUT2D eigenvalue weighted by Crippen LogP contribution is 2.17. The van der Waals surface area contributed by atoms with E-state index in [0.29, 0.717) is 13.0 Å². The van der Waals surface area contributed by atoms with Gasteiger partial charge in [0.15, 0.2) is 0 Å². The highest BCUT2D eigenvalue weighted by molar-refractivity contribution is 5.78. The molecule has 0 unspecified atom stereocenters. The second-order valence-electron chi connectivity index (χ2n) is 5.63. The van der Waals surface area contributed by atoms with Crippen molar-refractivity contribution in [1.82, 2.24) is 10.2 Å². The predicted octanol–water partition coefficient (Wildman–Crippen LogP) is 1.94. The summed E-state index contributed by atoms with van der Waals surface area (Å²) in [6.45, 7) is 7.10. The number of nitrogens with zero attached hydrogens (tertiary/aromatic N) is 2. The summed E-state index contributed by atoms with van der Waals surface area (Å²) in [6, 6.07) is 2.17. The molecule has 0 aromatic carbocycles. The molecule has 21 heavy (non-hydrogen) atoms. The lowest BCUT2D eigenvalue weighted by Crippen LogP contribution is -2.41. The molecule has 0 aromatic heterocycles. The van der Waals surface area contributed by atoms with Crippen LogP contribution in [0.2, 0.25) is 0 Å². The molecule has 0 spiro atoms. The van der Waals surface area contributed by atoms with Gasteiger partial charge in [0.25, 0.3) is 0 Å². The van der Waals surface area contributed by atoms with E-state index < -0.39 is 0 Å². The van der Waals surface area contributed by atoms with E-state index in [2.05, 4.69) is 23.2 Å². The average Bonchev–Trinajstić information content (AvgIpc) is 2.52. The SMILES string of the molecule is CCCCOCCCNC(=O)C1CCN(CCC#N)CC1. The van der Waals surface area contributed by atoms with Crippen molar-refractivity contribution in [2.45, 2.75) is 45.4 Å². The molecule has 1 heterocycles. The summed E-state index contributed by atoms with van der Waals surface area (Å²) in [5.74, 6) is 0.327. The second kappa shape index (κ2) is 11.5. The van der Waals surface area contributed by atoms with E-state index in [4.69, 9.17) is 10.00 Å². The van der Waals surface area contributed by atoms with E-state index in [0.717, 1.165) is 65.0 Å². The first-order valence-electron chi connectivity index (χ1n) is 8.22. The molecule has 1 aliphatic rings. The van der Waals surface area contributed by atoms with E-state index in [1.54, 1.807) is 0 Å². The summed E-state index contributed by atoms with van der Waals surface area (Å²) < 4.78 is 5.47. The maximum atomic E-state index is 12.0. The van der Waals surface area contributed by atoms with Gasteiger partial charge in [0.1, 0.15) is 0 Å². The molecule has 1 N–H and O–H groups in total. The summed E-state index contributed by atoms with van der Waals surface area (Å²) in [7, 11) is 0. The van der Waals surface area contributed by atoms with Gasteiger partial charge in [-0.2, -0.15) is 5.26 Å². The molecule has 120 valence electrons. The lowest BCUT2D eigenvalue weighted by Gasteiger charge is -2.30. The van der Waals surface area contributed by atoms with Crippen LogP contribution in [0.4, 0.5) is 0 Å². The Kier molecular flexibility index (Phi) is 9.84. The molecule has 0 atom stereocenters. The maximum absolute atomic E-state index is 12.0. The van der Waals surface area contributed by atoms with E-state index in [9.17, 15) is 4.79 Å². The maximum Gasteiger partial charge on any atom is 0.223 e. The molecule has 1 fully saturated rings. The summed E-state index contributed by atoms with van der Waals surface area (Å²) in [5, 5.41) is 11.6. The van der Waals surface area contributed by atoms with Gasteiger partial charge in [-0.25, -0.2) is 0 Å². The van der Waals surface area contributed by atoms with E-state index >= 15 is 0 Å². The number of unbranched alkanes of at least 4 members (excludes halogenated alkanes) is 1. The van der Waals surface area contributed by atoms with Crippen molar-refractivity contribution in [3.05, 3.63) is 0 Å². The van der Waals surface area contributed by atoms with Crippen LogP contribution in [-0.2, 0) is 9.53 Å². The van der Waals surface area contributed by atoms with Gasteiger partial charge >= 0.3 is 0 Å². The molecule has 0 aliphatic carbocycles. The van der Waals surface area contributed by atoms with Crippen LogP contribution in [0.15, 0.2) is 0 Å². The number of ether oxygens (including phenoxy) is 1. The van der Waals surface area contributed by atoms with E-state index in [1.807, 2.05) is 0 Å². The number of nitriles is 1. The topological polar surface area (TPSA) is 65.4 Å². The summed E-state index contributed by atoms with van der Waals surface area (Å²) in [4.78, 5) is 14.3. The smallest absolute Gasteiger partial charge is 0.223 e. The van der Waals surface area contributed by atoms with Crippen LogP contribution in [-0.4, -0.2) is 50.2 Å². The van der Waals surface area contributed by atoms with Crippen LogP contribution in [0.25, 0.3) is 0 Å². The van der Waals surface area contributed by atoms with Crippen LogP contribution >= 0.6 is 0 Å². The molecule has 0 saturated carbocycles. The van der Waals surface area contributed by atoms with Gasteiger partial charge in [-0.3, -0.25) is 4.79 Å². The minimum absolute atomic E-state index is 0.143. The molecule has 0 radical (unpaired) electrons. The van der Waals surface area contributed by atoms with Gasteiger partial charge in [0.2, 0.25) is 5.91 Å². The lowest BCUT2D eigenvalue weighted by atomic mass is 9.96. The monoisotopic (exact) mass is 295 g/mol. The third kappa shape index (κ3) is 8.03. The van der Waals surface area contributed by atoms with Gasteiger partial charge in [-0.1, -0.05) is 13.3 Å². The Morgan fingerprint density at radius 1 is 1.33 bits per heavy atom. The van der Waals surface area contributed by atoms with Gasteiger partial charge in [-0.05, 0) is 38.8 Å². The highest BCUT2D eigenvalue weighted by atomic mass is 16.5. The average molecular weight is 295 g/mol. The van der Waals surface area contributed by atoms with Crippen LogP contribution in [0.3, 0.4) is 0 Å². The molecule has 5 nitrogen and oxygen atoms in total. The zero-order valence-corrected chi connectivity index (χ0v) is 13.3. The summed E-state index contributed by atoms with van der Waals surface area (Å²) >= 11 is 0. The van der Waals surface area contributed by atoms with Crippen molar-refractivity contribution in [3.8, 4) is 6.07 Å². The number of piperidine rings is 1. The third-order valence-corrected chi connectivity index (χ3v) is 3.91. The second-order valence-corrected chi connectivity index (χ2v) is 5.63. The van der Waals surface area contributed by atoms with Crippen molar-refractivity contribution >= 4 is 5.91 Å². The molecule has 1 rings (SSSR count). The number of amides is 1. The Labute approximate surface area is 128 Å². The number of carbonyl (C=O) groups is 1. The highest BCUT2D eigenvalue weighted by Gasteiger charge is 2.24. The van der Waals surface area contributed by atoms with Gasteiger partial charge in [0.05, 0.1) is 6.07 Å². The number of hydrogen-bond acceptors (Lipinski definition) is 4. The molecule has 0 aromatic rings. The first-order chi connectivity index (χ1) is 10.3. The van der Waals surface area contributed by atoms with Gasteiger partial charge in [0, 0.05) is 38.6 Å². The van der Waals surface area contributed by atoms with Crippen molar-refractivity contribution < 1.29 is 9.53 Å². The first-order valence-corrected chi connectivity index (χ1v) is 8.22. The zero-order valence-electron chi connectivity index (χ0n) is 13.3. The first kappa shape index (κ1) is 17.9. The minimum atomic E-state index is 0.143. The van der Waals surface area contributed by atoms with Crippen molar-refractivity contribution in [2.24, 2.45) is 5.92 Å². The lowest BCUT2D eigenvalue weighted by molar-refractivity contribution is -0.126. The normalized spacial score (nSPS) is 16.6. The van der Waals surface area contributed by atoms with E-state index in [1.165, 1.54) is 0 Å². The molecule has 5 heteroatoms. The van der Waals surface area contributed by atoms with Crippen molar-refractivity contribution in [1.29, 1.82) is 5.26 Å². The fourth-order valence-electron chi connectivity index (χ4n) is 2.51. The van der Waals surface area contributed by atoms with Crippen molar-refractivity contribution in [2.75, 3.05) is 39.4 Å². The number of rotatable bonds is 10. The standard InChI is InChI=1S/C16H29N3O2/c1-2-3-13-21-14-5-9-18-16(20)15-6-11-19(12-7-15)10-4-8-17/h15H,2-7,9-14H2,1H3,(H,18,20). The number of likely N-dealkylation sites (tertiary alicyclic amines) is 1. The van der Waals surface area contributed by atoms with Gasteiger partial charge in [-0.15, -0.1) is 0 Å². The number of hydrogen-bond donors (Lipinski definition) is 1. The van der Waals surface area contributed by atoms with Crippen LogP contribution in [0, 0.1) is 17.2 Å². The Morgan fingerprint density at radius 3 is 2.71 bits per heavy atom. The Hall–Kier alpha value is -1.12. The fraction of sp³-hybridized carbons (Fsp3) is 0.875. The molecule has 0 bridgehead atoms. The number of carbonyl (C=O) groups excluding carboxylic acids is 1. The third-order valence-electron chi connectivity index (χ3n) is 3.91. The van der Waals surface area contributed by atoms with Crippen LogP contribution in [0.1, 0.15) is 45.4 Å². The van der Waals surface area contributed by atoms with E-state index in [-0.39, 0.29) is 11.8 Å². The van der Waals surface area contributed by atoms with Crippen LogP contribution in [0.5, 0.6) is 0 Å². The largest absolute Gasteiger partial charge is 0.381 e. The quantitative estimate of drug-likeness (QED) is 0.626. The molecular weight excluding hydrogens is 266 g/mol. The molecule has 1 saturated heterocycles.